The van der Waals surface area contributed by atoms with Gasteiger partial charge in [0.05, 0.1) is 11.3 Å². The Morgan fingerprint density at radius 1 is 1.24 bits per heavy atom. The fourth-order valence-corrected chi connectivity index (χ4v) is 4.03. The van der Waals surface area contributed by atoms with Gasteiger partial charge in [0, 0.05) is 18.3 Å². The average Bonchev–Trinajstić information content (AvgIpc) is 3.23. The molecule has 1 amide bonds. The molecule has 0 aliphatic heterocycles. The molecule has 1 aromatic carbocycles. The van der Waals surface area contributed by atoms with Gasteiger partial charge in [-0.05, 0) is 55.4 Å². The summed E-state index contributed by atoms with van der Waals surface area (Å²) < 4.78 is 18.6. The lowest BCUT2D eigenvalue weighted by molar-refractivity contribution is 0.0922. The number of amides is 1. The van der Waals surface area contributed by atoms with E-state index >= 15 is 0 Å². The highest BCUT2D eigenvalue weighted by Crippen LogP contribution is 2.44. The van der Waals surface area contributed by atoms with E-state index in [1.165, 1.54) is 31.4 Å². The normalized spacial score (nSPS) is 24.3. The van der Waals surface area contributed by atoms with Gasteiger partial charge in [-0.15, -0.1) is 0 Å². The first-order chi connectivity index (χ1) is 12.2. The van der Waals surface area contributed by atoms with Gasteiger partial charge in [0.2, 0.25) is 0 Å². The van der Waals surface area contributed by atoms with Crippen molar-refractivity contribution < 1.29 is 13.9 Å². The predicted molar refractivity (Wildman–Crippen MR) is 91.7 cm³/mol. The zero-order valence-corrected chi connectivity index (χ0v) is 14.0. The molecule has 4 rings (SSSR count). The van der Waals surface area contributed by atoms with Gasteiger partial charge in [0.25, 0.3) is 5.91 Å². The van der Waals surface area contributed by atoms with Crippen LogP contribution in [-0.2, 0) is 6.61 Å². The van der Waals surface area contributed by atoms with Gasteiger partial charge in [-0.1, -0.05) is 12.5 Å². The van der Waals surface area contributed by atoms with Crippen LogP contribution in [-0.4, -0.2) is 16.9 Å². The lowest BCUT2D eigenvalue weighted by Gasteiger charge is -2.22. The van der Waals surface area contributed by atoms with Crippen LogP contribution in [0, 0.1) is 17.7 Å². The van der Waals surface area contributed by atoms with Crippen LogP contribution in [0.2, 0.25) is 0 Å². The molecular weight excluding hydrogens is 319 g/mol. The molecule has 1 N–H and O–H groups in total. The number of halogens is 1. The van der Waals surface area contributed by atoms with Gasteiger partial charge in [0.15, 0.2) is 0 Å². The number of ether oxygens (including phenoxy) is 1. The molecule has 2 aromatic rings. The molecule has 1 heterocycles. The van der Waals surface area contributed by atoms with Crippen molar-refractivity contribution in [2.45, 2.75) is 38.3 Å². The molecule has 2 saturated carbocycles. The van der Waals surface area contributed by atoms with Crippen molar-refractivity contribution in [2.24, 2.45) is 11.8 Å². The Hall–Kier alpha value is -2.43. The SMILES string of the molecule is O=C(N[C@@H]1C[C@H]2CC[C@@H]1C2)c1ccc(COc2cccc(F)c2)nc1. The maximum absolute atomic E-state index is 13.1. The van der Waals surface area contributed by atoms with Crippen molar-refractivity contribution in [1.29, 1.82) is 0 Å². The Bertz CT molecular complexity index is 763. The predicted octanol–water partition coefficient (Wildman–Crippen LogP) is 3.72. The minimum atomic E-state index is -0.335. The van der Waals surface area contributed by atoms with E-state index < -0.39 is 0 Å². The summed E-state index contributed by atoms with van der Waals surface area (Å²) in [7, 11) is 0. The average molecular weight is 340 g/mol. The zero-order chi connectivity index (χ0) is 17.2. The Morgan fingerprint density at radius 3 is 2.84 bits per heavy atom. The summed E-state index contributed by atoms with van der Waals surface area (Å²) in [5.74, 6) is 1.53. The molecule has 2 bridgehead atoms. The number of fused-ring (bicyclic) bond motifs is 2. The van der Waals surface area contributed by atoms with E-state index in [9.17, 15) is 9.18 Å². The number of hydrogen-bond donors (Lipinski definition) is 1. The van der Waals surface area contributed by atoms with Crippen LogP contribution in [0.5, 0.6) is 5.75 Å². The third-order valence-electron chi connectivity index (χ3n) is 5.32. The molecule has 3 atom stereocenters. The maximum Gasteiger partial charge on any atom is 0.253 e. The second-order valence-electron chi connectivity index (χ2n) is 7.04. The number of carbonyl (C=O) groups is 1. The van der Waals surface area contributed by atoms with Crippen molar-refractivity contribution >= 4 is 5.91 Å². The zero-order valence-electron chi connectivity index (χ0n) is 14.0. The smallest absolute Gasteiger partial charge is 0.253 e. The third-order valence-corrected chi connectivity index (χ3v) is 5.32. The topological polar surface area (TPSA) is 51.2 Å². The maximum atomic E-state index is 13.1. The number of hydrogen-bond acceptors (Lipinski definition) is 3. The molecule has 25 heavy (non-hydrogen) atoms. The van der Waals surface area contributed by atoms with E-state index in [0.29, 0.717) is 29.0 Å². The molecule has 2 fully saturated rings. The van der Waals surface area contributed by atoms with E-state index in [1.807, 2.05) is 0 Å². The molecule has 0 unspecified atom stereocenters. The van der Waals surface area contributed by atoms with Crippen LogP contribution < -0.4 is 10.1 Å². The number of nitrogens with zero attached hydrogens (tertiary/aromatic N) is 1. The number of rotatable bonds is 5. The highest BCUT2D eigenvalue weighted by molar-refractivity contribution is 5.94. The fourth-order valence-electron chi connectivity index (χ4n) is 4.03. The number of nitrogens with one attached hydrogen (secondary N) is 1. The minimum absolute atomic E-state index is 0.0531. The molecule has 2 aliphatic carbocycles. The van der Waals surface area contributed by atoms with Crippen molar-refractivity contribution in [1.82, 2.24) is 10.3 Å². The lowest BCUT2D eigenvalue weighted by atomic mass is 9.95. The van der Waals surface area contributed by atoms with Crippen LogP contribution in [0.4, 0.5) is 4.39 Å². The first-order valence-electron chi connectivity index (χ1n) is 8.81. The Balaban J connectivity index is 1.32. The van der Waals surface area contributed by atoms with Crippen LogP contribution >= 0.6 is 0 Å². The quantitative estimate of drug-likeness (QED) is 0.902. The Labute approximate surface area is 146 Å². The number of pyridine rings is 1. The van der Waals surface area contributed by atoms with Gasteiger partial charge in [0.1, 0.15) is 18.2 Å². The number of carbonyl (C=O) groups excluding carboxylic acids is 1. The second kappa shape index (κ2) is 6.82. The van der Waals surface area contributed by atoms with E-state index in [-0.39, 0.29) is 18.3 Å². The van der Waals surface area contributed by atoms with Crippen LogP contribution in [0.25, 0.3) is 0 Å². The molecule has 4 nitrogen and oxygen atoms in total. The Morgan fingerprint density at radius 2 is 2.16 bits per heavy atom. The molecule has 0 spiro atoms. The van der Waals surface area contributed by atoms with Crippen molar-refractivity contribution in [3.8, 4) is 5.75 Å². The number of benzene rings is 1. The number of aromatic nitrogens is 1. The van der Waals surface area contributed by atoms with Crippen LogP contribution in [0.1, 0.15) is 41.7 Å². The lowest BCUT2D eigenvalue weighted by Crippen LogP contribution is -2.38. The summed E-state index contributed by atoms with van der Waals surface area (Å²) in [6.45, 7) is 0.234. The minimum Gasteiger partial charge on any atom is -0.487 e. The molecule has 0 saturated heterocycles. The summed E-state index contributed by atoms with van der Waals surface area (Å²) >= 11 is 0. The summed E-state index contributed by atoms with van der Waals surface area (Å²) in [6, 6.07) is 9.85. The van der Waals surface area contributed by atoms with Crippen LogP contribution in [0.15, 0.2) is 42.6 Å². The molecular formula is C20H21FN2O2. The summed E-state index contributed by atoms with van der Waals surface area (Å²) in [5.41, 5.74) is 1.26. The van der Waals surface area contributed by atoms with E-state index in [1.54, 1.807) is 30.5 Å². The van der Waals surface area contributed by atoms with Crippen molar-refractivity contribution in [3.63, 3.8) is 0 Å². The van der Waals surface area contributed by atoms with E-state index in [4.69, 9.17) is 4.74 Å². The molecule has 1 aromatic heterocycles. The van der Waals surface area contributed by atoms with Crippen LogP contribution in [0.3, 0.4) is 0 Å². The highest BCUT2D eigenvalue weighted by Gasteiger charge is 2.40. The Kier molecular flexibility index (Phi) is 4.38. The molecule has 0 radical (unpaired) electrons. The third kappa shape index (κ3) is 3.65. The largest absolute Gasteiger partial charge is 0.487 e. The van der Waals surface area contributed by atoms with E-state index in [2.05, 4.69) is 10.3 Å². The first kappa shape index (κ1) is 16.1. The summed E-state index contributed by atoms with van der Waals surface area (Å²) in [5, 5.41) is 3.16. The molecule has 5 heteroatoms. The van der Waals surface area contributed by atoms with Crippen molar-refractivity contribution in [3.05, 3.63) is 59.7 Å². The van der Waals surface area contributed by atoms with Gasteiger partial charge in [-0.3, -0.25) is 9.78 Å². The summed E-state index contributed by atoms with van der Waals surface area (Å²) in [4.78, 5) is 16.7. The molecule has 2 aliphatic rings. The first-order valence-corrected chi connectivity index (χ1v) is 8.81. The van der Waals surface area contributed by atoms with Gasteiger partial charge in [-0.2, -0.15) is 0 Å². The summed E-state index contributed by atoms with van der Waals surface area (Å²) in [6.07, 6.45) is 6.51. The van der Waals surface area contributed by atoms with Crippen molar-refractivity contribution in [2.75, 3.05) is 0 Å². The van der Waals surface area contributed by atoms with Gasteiger partial charge in [-0.25, -0.2) is 4.39 Å². The van der Waals surface area contributed by atoms with E-state index in [0.717, 1.165) is 12.3 Å². The monoisotopic (exact) mass is 340 g/mol. The fraction of sp³-hybridized carbons (Fsp3) is 0.400. The standard InChI is InChI=1S/C20H21FN2O2/c21-16-2-1-3-18(10-16)25-12-17-7-6-15(11-22-17)20(24)23-19-9-13-4-5-14(19)8-13/h1-3,6-7,10-11,13-14,19H,4-5,8-9,12H2,(H,23,24)/t13-,14+,19+/m0/s1. The van der Waals surface area contributed by atoms with Gasteiger partial charge < -0.3 is 10.1 Å². The molecule has 130 valence electrons. The highest BCUT2D eigenvalue weighted by atomic mass is 19.1. The second-order valence-corrected chi connectivity index (χ2v) is 7.04. The van der Waals surface area contributed by atoms with Gasteiger partial charge >= 0.3 is 0 Å².